The van der Waals surface area contributed by atoms with E-state index in [0.29, 0.717) is 17.0 Å². The fourth-order valence-electron chi connectivity index (χ4n) is 3.30. The quantitative estimate of drug-likeness (QED) is 0.799. The normalized spacial score (nSPS) is 15.8. The van der Waals surface area contributed by atoms with E-state index < -0.39 is 11.1 Å². The lowest BCUT2D eigenvalue weighted by atomic mass is 9.99. The molecule has 0 unspecified atom stereocenters. The van der Waals surface area contributed by atoms with E-state index >= 15 is 0 Å². The van der Waals surface area contributed by atoms with E-state index in [1.807, 2.05) is 23.1 Å². The van der Waals surface area contributed by atoms with Crippen molar-refractivity contribution in [3.8, 4) is 0 Å². The van der Waals surface area contributed by atoms with Gasteiger partial charge in [0.05, 0.1) is 11.0 Å². The van der Waals surface area contributed by atoms with Crippen molar-refractivity contribution in [2.75, 3.05) is 13.1 Å². The number of aryl methyl sites for hydroxylation is 2. The molecule has 0 spiro atoms. The molecule has 1 fully saturated rings. The first-order valence-corrected chi connectivity index (χ1v) is 8.45. The van der Waals surface area contributed by atoms with Crippen LogP contribution in [0.25, 0.3) is 11.0 Å². The summed E-state index contributed by atoms with van der Waals surface area (Å²) in [5.41, 5.74) is 0.246. The Balaban J connectivity index is 1.84. The molecule has 6 heteroatoms. The molecule has 0 aliphatic carbocycles. The van der Waals surface area contributed by atoms with E-state index in [1.165, 1.54) is 9.13 Å². The molecule has 2 heterocycles. The summed E-state index contributed by atoms with van der Waals surface area (Å²) in [7, 11) is 1.59. The minimum Gasteiger partial charge on any atom is -0.343 e. The summed E-state index contributed by atoms with van der Waals surface area (Å²) in [5, 5.41) is 0. The highest BCUT2D eigenvalue weighted by Crippen LogP contribution is 2.17. The number of fused-ring (bicyclic) bond motifs is 1. The number of nitrogens with zero attached hydrogens (tertiary/aromatic N) is 3. The molecule has 2 aromatic rings. The SMILES string of the molecule is CC1CCN(C(=O)CCn2c(=O)c(=O)n(C)c3ccccc32)CC1. The molecular weight excluding hydrogens is 306 g/mol. The maximum atomic E-state index is 12.4. The first-order chi connectivity index (χ1) is 11.5. The Kier molecular flexibility index (Phi) is 4.55. The van der Waals surface area contributed by atoms with Crippen LogP contribution in [0.4, 0.5) is 0 Å². The second-order valence-electron chi connectivity index (χ2n) is 6.62. The highest BCUT2D eigenvalue weighted by Gasteiger charge is 2.20. The Morgan fingerprint density at radius 2 is 1.71 bits per heavy atom. The van der Waals surface area contributed by atoms with Crippen molar-refractivity contribution in [3.63, 3.8) is 0 Å². The standard InChI is InChI=1S/C18H23N3O3/c1-13-7-10-20(11-8-13)16(22)9-12-21-15-6-4-3-5-14(15)19(2)17(23)18(21)24/h3-6,13H,7-12H2,1-2H3. The van der Waals surface area contributed by atoms with Gasteiger partial charge >= 0.3 is 11.1 Å². The van der Waals surface area contributed by atoms with Gasteiger partial charge in [-0.15, -0.1) is 0 Å². The van der Waals surface area contributed by atoms with Gasteiger partial charge in [0, 0.05) is 33.1 Å². The summed E-state index contributed by atoms with van der Waals surface area (Å²) < 4.78 is 2.80. The van der Waals surface area contributed by atoms with Gasteiger partial charge in [-0.2, -0.15) is 0 Å². The van der Waals surface area contributed by atoms with Crippen molar-refractivity contribution in [2.45, 2.75) is 32.7 Å². The molecule has 1 aliphatic rings. The first-order valence-electron chi connectivity index (χ1n) is 8.45. The van der Waals surface area contributed by atoms with E-state index in [4.69, 9.17) is 0 Å². The van der Waals surface area contributed by atoms with Crippen LogP contribution < -0.4 is 11.1 Å². The number of carbonyl (C=O) groups is 1. The van der Waals surface area contributed by atoms with Crippen molar-refractivity contribution in [1.29, 1.82) is 0 Å². The molecule has 6 nitrogen and oxygen atoms in total. The van der Waals surface area contributed by atoms with Gasteiger partial charge in [-0.3, -0.25) is 14.4 Å². The van der Waals surface area contributed by atoms with Crippen LogP contribution >= 0.6 is 0 Å². The molecule has 24 heavy (non-hydrogen) atoms. The molecule has 1 amide bonds. The minimum atomic E-state index is -0.573. The van der Waals surface area contributed by atoms with E-state index in [-0.39, 0.29) is 18.9 Å². The molecule has 0 bridgehead atoms. The van der Waals surface area contributed by atoms with Gasteiger partial charge in [0.1, 0.15) is 0 Å². The fraction of sp³-hybridized carbons (Fsp3) is 0.500. The second kappa shape index (κ2) is 6.63. The largest absolute Gasteiger partial charge is 0.343 e. The maximum Gasteiger partial charge on any atom is 0.316 e. The number of amides is 1. The van der Waals surface area contributed by atoms with E-state index in [2.05, 4.69) is 6.92 Å². The lowest BCUT2D eigenvalue weighted by Crippen LogP contribution is -2.42. The number of piperidine rings is 1. The fourth-order valence-corrected chi connectivity index (χ4v) is 3.30. The number of rotatable bonds is 3. The van der Waals surface area contributed by atoms with E-state index in [1.54, 1.807) is 13.1 Å². The maximum absolute atomic E-state index is 12.4. The minimum absolute atomic E-state index is 0.0542. The Hall–Kier alpha value is -2.37. The highest BCUT2D eigenvalue weighted by atomic mass is 16.2. The third-order valence-electron chi connectivity index (χ3n) is 4.95. The average Bonchev–Trinajstić information content (AvgIpc) is 2.60. The smallest absolute Gasteiger partial charge is 0.316 e. The van der Waals surface area contributed by atoms with Crippen LogP contribution in [0.15, 0.2) is 33.9 Å². The average molecular weight is 329 g/mol. The number of carbonyl (C=O) groups excluding carboxylic acids is 1. The first kappa shape index (κ1) is 16.5. The number of benzene rings is 1. The molecule has 1 aromatic carbocycles. The van der Waals surface area contributed by atoms with Crippen LogP contribution in [0, 0.1) is 5.92 Å². The third-order valence-corrected chi connectivity index (χ3v) is 4.95. The number of likely N-dealkylation sites (tertiary alicyclic amines) is 1. The Bertz CT molecular complexity index is 873. The third kappa shape index (κ3) is 3.00. The summed E-state index contributed by atoms with van der Waals surface area (Å²) in [6.07, 6.45) is 2.30. The number of para-hydroxylation sites is 2. The van der Waals surface area contributed by atoms with Crippen LogP contribution in [0.1, 0.15) is 26.2 Å². The predicted molar refractivity (Wildman–Crippen MR) is 93.0 cm³/mol. The van der Waals surface area contributed by atoms with E-state index in [0.717, 1.165) is 25.9 Å². The molecule has 0 saturated carbocycles. The zero-order valence-corrected chi connectivity index (χ0v) is 14.2. The van der Waals surface area contributed by atoms with Crippen LogP contribution in [0.2, 0.25) is 0 Å². The number of aromatic nitrogens is 2. The molecule has 0 N–H and O–H groups in total. The van der Waals surface area contributed by atoms with Gasteiger partial charge < -0.3 is 14.0 Å². The van der Waals surface area contributed by atoms with Crippen molar-refractivity contribution in [3.05, 3.63) is 45.0 Å². The Morgan fingerprint density at radius 1 is 1.08 bits per heavy atom. The van der Waals surface area contributed by atoms with Gasteiger partial charge in [-0.05, 0) is 30.9 Å². The van der Waals surface area contributed by atoms with Gasteiger partial charge in [-0.1, -0.05) is 19.1 Å². The zero-order valence-electron chi connectivity index (χ0n) is 14.2. The zero-order chi connectivity index (χ0) is 17.3. The topological polar surface area (TPSA) is 64.3 Å². The van der Waals surface area contributed by atoms with Crippen molar-refractivity contribution in [1.82, 2.24) is 14.0 Å². The summed E-state index contributed by atoms with van der Waals surface area (Å²) >= 11 is 0. The summed E-state index contributed by atoms with van der Waals surface area (Å²) in [6, 6.07) is 7.27. The molecule has 0 radical (unpaired) electrons. The molecule has 128 valence electrons. The molecule has 0 atom stereocenters. The second-order valence-corrected chi connectivity index (χ2v) is 6.62. The van der Waals surface area contributed by atoms with Crippen LogP contribution in [-0.4, -0.2) is 33.0 Å². The van der Waals surface area contributed by atoms with Gasteiger partial charge in [0.2, 0.25) is 5.91 Å². The Labute approximate surface area is 140 Å². The lowest BCUT2D eigenvalue weighted by Gasteiger charge is -2.30. The van der Waals surface area contributed by atoms with Gasteiger partial charge in [0.25, 0.3) is 0 Å². The molecule has 1 saturated heterocycles. The van der Waals surface area contributed by atoms with Gasteiger partial charge in [0.15, 0.2) is 0 Å². The Morgan fingerprint density at radius 3 is 2.38 bits per heavy atom. The van der Waals surface area contributed by atoms with Crippen LogP contribution in [0.5, 0.6) is 0 Å². The molecule has 3 rings (SSSR count). The lowest BCUT2D eigenvalue weighted by molar-refractivity contribution is -0.132. The molecular formula is C18H23N3O3. The molecule has 1 aliphatic heterocycles. The van der Waals surface area contributed by atoms with Crippen molar-refractivity contribution >= 4 is 16.9 Å². The van der Waals surface area contributed by atoms with Gasteiger partial charge in [-0.25, -0.2) is 0 Å². The van der Waals surface area contributed by atoms with Crippen LogP contribution in [-0.2, 0) is 18.4 Å². The van der Waals surface area contributed by atoms with E-state index in [9.17, 15) is 14.4 Å². The van der Waals surface area contributed by atoms with Crippen molar-refractivity contribution < 1.29 is 4.79 Å². The predicted octanol–water partition coefficient (Wildman–Crippen LogP) is 1.35. The van der Waals surface area contributed by atoms with Crippen LogP contribution in [0.3, 0.4) is 0 Å². The number of hydrogen-bond acceptors (Lipinski definition) is 3. The summed E-state index contributed by atoms with van der Waals surface area (Å²) in [4.78, 5) is 38.7. The molecule has 1 aromatic heterocycles. The highest BCUT2D eigenvalue weighted by molar-refractivity contribution is 5.77. The number of hydrogen-bond donors (Lipinski definition) is 0. The summed E-state index contributed by atoms with van der Waals surface area (Å²) in [5.74, 6) is 0.719. The monoisotopic (exact) mass is 329 g/mol. The van der Waals surface area contributed by atoms with Crippen molar-refractivity contribution in [2.24, 2.45) is 13.0 Å². The summed E-state index contributed by atoms with van der Waals surface area (Å²) in [6.45, 7) is 4.01.